The van der Waals surface area contributed by atoms with Crippen LogP contribution >= 0.6 is 11.8 Å². The zero-order valence-electron chi connectivity index (χ0n) is 15.9. The van der Waals surface area contributed by atoms with Crippen molar-refractivity contribution in [2.45, 2.75) is 40.0 Å². The van der Waals surface area contributed by atoms with Crippen molar-refractivity contribution in [3.63, 3.8) is 0 Å². The number of thioether (sulfide) groups is 1. The van der Waals surface area contributed by atoms with Crippen molar-refractivity contribution < 1.29 is 4.79 Å². The fourth-order valence-electron chi connectivity index (χ4n) is 2.66. The monoisotopic (exact) mass is 364 g/mol. The van der Waals surface area contributed by atoms with Crippen LogP contribution in [-0.2, 0) is 10.2 Å². The number of nitrogens with one attached hydrogen (secondary N) is 1. The van der Waals surface area contributed by atoms with Crippen molar-refractivity contribution in [2.24, 2.45) is 4.99 Å². The summed E-state index contributed by atoms with van der Waals surface area (Å²) < 4.78 is 0. The summed E-state index contributed by atoms with van der Waals surface area (Å²) in [4.78, 5) is 17.6. The Labute approximate surface area is 159 Å². The highest BCUT2D eigenvalue weighted by molar-refractivity contribution is 8.18. The van der Waals surface area contributed by atoms with Gasteiger partial charge < -0.3 is 5.32 Å². The van der Waals surface area contributed by atoms with Gasteiger partial charge in [0.25, 0.3) is 5.91 Å². The minimum absolute atomic E-state index is 0.0982. The van der Waals surface area contributed by atoms with E-state index in [1.54, 1.807) is 0 Å². The van der Waals surface area contributed by atoms with Crippen LogP contribution < -0.4 is 5.32 Å². The van der Waals surface area contributed by atoms with Gasteiger partial charge in [-0.3, -0.25) is 4.79 Å². The molecule has 0 bridgehead atoms. The van der Waals surface area contributed by atoms with Gasteiger partial charge in [0.15, 0.2) is 5.17 Å². The first-order valence-electron chi connectivity index (χ1n) is 8.70. The molecule has 1 saturated heterocycles. The standard InChI is InChI=1S/C22H24N2OS/c1-14-6-7-15(2)18(12-14)23-21-24-20(25)19(26-21)13-16-8-10-17(11-9-16)22(3,4)5/h6-13H,1-5H3,(H,23,24,25)/b19-13+. The Morgan fingerprint density at radius 2 is 1.73 bits per heavy atom. The van der Waals surface area contributed by atoms with Crippen LogP contribution in [0.1, 0.15) is 43.0 Å². The number of amidine groups is 1. The summed E-state index contributed by atoms with van der Waals surface area (Å²) in [6.07, 6.45) is 1.91. The normalized spacial score (nSPS) is 17.8. The molecule has 3 nitrogen and oxygen atoms in total. The Morgan fingerprint density at radius 1 is 1.04 bits per heavy atom. The van der Waals surface area contributed by atoms with E-state index in [1.807, 2.05) is 32.1 Å². The SMILES string of the molecule is Cc1ccc(C)c(N=C2NC(=O)/C(=C\c3ccc(C(C)(C)C)cc3)S2)c1. The second kappa shape index (κ2) is 7.12. The fourth-order valence-corrected chi connectivity index (χ4v) is 3.50. The Bertz CT molecular complexity index is 903. The summed E-state index contributed by atoms with van der Waals surface area (Å²) in [6.45, 7) is 10.6. The lowest BCUT2D eigenvalue weighted by atomic mass is 9.87. The molecule has 1 N–H and O–H groups in total. The van der Waals surface area contributed by atoms with Gasteiger partial charge in [0.05, 0.1) is 10.6 Å². The smallest absolute Gasteiger partial charge is 0.264 e. The van der Waals surface area contributed by atoms with Crippen LogP contribution in [0.3, 0.4) is 0 Å². The number of hydrogen-bond acceptors (Lipinski definition) is 3. The molecule has 0 aromatic heterocycles. The van der Waals surface area contributed by atoms with Crippen LogP contribution in [0.2, 0.25) is 0 Å². The topological polar surface area (TPSA) is 41.5 Å². The summed E-state index contributed by atoms with van der Waals surface area (Å²) in [5, 5.41) is 3.49. The van der Waals surface area contributed by atoms with Gasteiger partial charge >= 0.3 is 0 Å². The first kappa shape index (κ1) is 18.5. The van der Waals surface area contributed by atoms with Gasteiger partial charge in [-0.05, 0) is 65.4 Å². The maximum Gasteiger partial charge on any atom is 0.264 e. The predicted octanol–water partition coefficient (Wildman–Crippen LogP) is 5.49. The molecule has 0 radical (unpaired) electrons. The third kappa shape index (κ3) is 4.25. The number of carbonyl (C=O) groups excluding carboxylic acids is 1. The summed E-state index contributed by atoms with van der Waals surface area (Å²) in [5.41, 5.74) is 5.55. The number of benzene rings is 2. The van der Waals surface area contributed by atoms with Crippen LogP contribution in [0.25, 0.3) is 6.08 Å². The molecule has 26 heavy (non-hydrogen) atoms. The molecule has 4 heteroatoms. The van der Waals surface area contributed by atoms with Crippen LogP contribution in [0, 0.1) is 13.8 Å². The average Bonchev–Trinajstić information content (AvgIpc) is 2.90. The molecule has 0 unspecified atom stereocenters. The molecule has 134 valence electrons. The molecule has 3 rings (SSSR count). The molecule has 1 heterocycles. The average molecular weight is 365 g/mol. The van der Waals surface area contributed by atoms with Crippen molar-refractivity contribution in [1.82, 2.24) is 5.32 Å². The summed E-state index contributed by atoms with van der Waals surface area (Å²) in [6, 6.07) is 14.5. The minimum Gasteiger partial charge on any atom is -0.300 e. The Balaban J connectivity index is 1.82. The molecule has 2 aromatic rings. The number of rotatable bonds is 2. The first-order chi connectivity index (χ1) is 12.2. The van der Waals surface area contributed by atoms with Crippen LogP contribution in [-0.4, -0.2) is 11.1 Å². The minimum atomic E-state index is -0.0982. The molecule has 0 aliphatic carbocycles. The second-order valence-corrected chi connectivity index (χ2v) is 8.67. The molecule has 1 amide bonds. The number of amides is 1. The highest BCUT2D eigenvalue weighted by Gasteiger charge is 2.24. The van der Waals surface area contributed by atoms with Crippen LogP contribution in [0.15, 0.2) is 52.4 Å². The summed E-state index contributed by atoms with van der Waals surface area (Å²) in [7, 11) is 0. The third-order valence-corrected chi connectivity index (χ3v) is 5.22. The van der Waals surface area contributed by atoms with Gasteiger partial charge in [-0.2, -0.15) is 0 Å². The Morgan fingerprint density at radius 3 is 2.38 bits per heavy atom. The van der Waals surface area contributed by atoms with E-state index in [9.17, 15) is 4.79 Å². The quantitative estimate of drug-likeness (QED) is 0.716. The van der Waals surface area contributed by atoms with E-state index in [0.717, 1.165) is 22.4 Å². The number of aliphatic imine (C=N–C) groups is 1. The maximum atomic E-state index is 12.3. The van der Waals surface area contributed by atoms with Gasteiger partial charge in [-0.1, -0.05) is 57.2 Å². The predicted molar refractivity (Wildman–Crippen MR) is 112 cm³/mol. The molecule has 1 aliphatic heterocycles. The number of hydrogen-bond donors (Lipinski definition) is 1. The maximum absolute atomic E-state index is 12.3. The van der Waals surface area contributed by atoms with Gasteiger partial charge in [0.2, 0.25) is 0 Å². The first-order valence-corrected chi connectivity index (χ1v) is 9.51. The van der Waals surface area contributed by atoms with E-state index in [1.165, 1.54) is 17.3 Å². The van der Waals surface area contributed by atoms with Gasteiger partial charge in [-0.15, -0.1) is 0 Å². The largest absolute Gasteiger partial charge is 0.300 e. The van der Waals surface area contributed by atoms with E-state index >= 15 is 0 Å². The van der Waals surface area contributed by atoms with Crippen LogP contribution in [0.5, 0.6) is 0 Å². The summed E-state index contributed by atoms with van der Waals surface area (Å²) in [5.74, 6) is -0.0982. The van der Waals surface area contributed by atoms with Crippen molar-refractivity contribution in [3.05, 3.63) is 69.6 Å². The zero-order valence-corrected chi connectivity index (χ0v) is 16.7. The Kier molecular flexibility index (Phi) is 5.05. The molecule has 0 saturated carbocycles. The van der Waals surface area contributed by atoms with Crippen molar-refractivity contribution in [2.75, 3.05) is 0 Å². The molecule has 0 spiro atoms. The van der Waals surface area contributed by atoms with Crippen molar-refractivity contribution in [1.29, 1.82) is 0 Å². The lowest BCUT2D eigenvalue weighted by Crippen LogP contribution is -2.19. The van der Waals surface area contributed by atoms with Crippen molar-refractivity contribution in [3.8, 4) is 0 Å². The van der Waals surface area contributed by atoms with E-state index in [4.69, 9.17) is 0 Å². The second-order valence-electron chi connectivity index (χ2n) is 7.64. The molecule has 1 aliphatic rings. The number of aryl methyl sites for hydroxylation is 2. The molecular weight excluding hydrogens is 340 g/mol. The molecule has 2 aromatic carbocycles. The fraction of sp³-hybridized carbons (Fsp3) is 0.273. The highest BCUT2D eigenvalue weighted by Crippen LogP contribution is 2.30. The van der Waals surface area contributed by atoms with E-state index in [-0.39, 0.29) is 11.3 Å². The Hall–Kier alpha value is -2.33. The molecular formula is C22H24N2OS. The lowest BCUT2D eigenvalue weighted by molar-refractivity contribution is -0.115. The summed E-state index contributed by atoms with van der Waals surface area (Å²) >= 11 is 1.38. The zero-order chi connectivity index (χ0) is 18.9. The van der Waals surface area contributed by atoms with E-state index < -0.39 is 0 Å². The van der Waals surface area contributed by atoms with Gasteiger partial charge in [0, 0.05) is 0 Å². The molecule has 1 fully saturated rings. The highest BCUT2D eigenvalue weighted by atomic mass is 32.2. The number of nitrogens with zero attached hydrogens (tertiary/aromatic N) is 1. The van der Waals surface area contributed by atoms with Crippen molar-refractivity contribution >= 4 is 34.6 Å². The van der Waals surface area contributed by atoms with E-state index in [2.05, 4.69) is 61.4 Å². The van der Waals surface area contributed by atoms with E-state index in [0.29, 0.717) is 10.1 Å². The lowest BCUT2D eigenvalue weighted by Gasteiger charge is -2.18. The van der Waals surface area contributed by atoms with Crippen LogP contribution in [0.4, 0.5) is 5.69 Å². The third-order valence-electron chi connectivity index (χ3n) is 4.31. The van der Waals surface area contributed by atoms with Gasteiger partial charge in [-0.25, -0.2) is 4.99 Å². The number of carbonyl (C=O) groups is 1. The molecule has 0 atom stereocenters. The van der Waals surface area contributed by atoms with Gasteiger partial charge in [0.1, 0.15) is 0 Å².